The number of aliphatic hydroxyl groups excluding tert-OH is 1. The Bertz CT molecular complexity index is 1010. The molecule has 0 spiro atoms. The van der Waals surface area contributed by atoms with Crippen molar-refractivity contribution in [2.75, 3.05) is 10.8 Å². The molecule has 0 aliphatic heterocycles. The minimum Gasteiger partial charge on any atom is -0.508 e. The van der Waals surface area contributed by atoms with Crippen LogP contribution in [0.15, 0.2) is 72.0 Å². The highest BCUT2D eigenvalue weighted by atomic mass is 32.2. The van der Waals surface area contributed by atoms with Crippen LogP contribution in [0, 0.1) is 0 Å². The van der Waals surface area contributed by atoms with Gasteiger partial charge in [0.25, 0.3) is 0 Å². The molecule has 1 aliphatic rings. The predicted octanol–water partition coefficient (Wildman–Crippen LogP) is 7.19. The van der Waals surface area contributed by atoms with Gasteiger partial charge in [0.2, 0.25) is 0 Å². The van der Waals surface area contributed by atoms with Crippen LogP contribution in [0.5, 0.6) is 0 Å². The lowest BCUT2D eigenvalue weighted by Crippen LogP contribution is -2.33. The number of nitrogens with zero attached hydrogens (tertiary/aromatic N) is 1. The van der Waals surface area contributed by atoms with Gasteiger partial charge in [-0.3, -0.25) is 4.31 Å². The topological polar surface area (TPSA) is 40.5 Å². The van der Waals surface area contributed by atoms with E-state index in [9.17, 15) is 22.5 Å². The molecule has 0 fully saturated rings. The number of hydrogen-bond donors (Lipinski definition) is 1. The quantitative estimate of drug-likeness (QED) is 0.472. The molecule has 0 saturated heterocycles. The largest absolute Gasteiger partial charge is 0.508 e. The minimum atomic E-state index is -4.37. The average Bonchev–Trinajstić information content (AvgIpc) is 2.94. The first-order valence-corrected chi connectivity index (χ1v) is 11.9. The van der Waals surface area contributed by atoms with Crippen LogP contribution in [0.2, 0.25) is 0 Å². The van der Waals surface area contributed by atoms with Gasteiger partial charge in [0.1, 0.15) is 16.7 Å². The molecule has 172 valence electrons. The summed E-state index contributed by atoms with van der Waals surface area (Å²) in [5.41, 5.74) is 2.23. The highest BCUT2D eigenvalue weighted by molar-refractivity contribution is 7.87. The van der Waals surface area contributed by atoms with Crippen molar-refractivity contribution < 1.29 is 22.5 Å². The van der Waals surface area contributed by atoms with Crippen molar-refractivity contribution in [2.24, 2.45) is 0 Å². The van der Waals surface area contributed by atoms with Gasteiger partial charge in [0.05, 0.1) is 10.8 Å². The molecule has 3 rings (SSSR count). The van der Waals surface area contributed by atoms with Crippen molar-refractivity contribution in [1.29, 1.82) is 0 Å². The number of hydrogen-bond acceptors (Lipinski definition) is 2. The average molecular weight is 464 g/mol. The first kappa shape index (κ1) is 24.1. The van der Waals surface area contributed by atoms with Crippen LogP contribution in [0.3, 0.4) is 0 Å². The molecule has 7 heteroatoms. The van der Waals surface area contributed by atoms with Gasteiger partial charge >= 0.3 is 6.18 Å². The van der Waals surface area contributed by atoms with Crippen molar-refractivity contribution in [2.45, 2.75) is 51.0 Å². The SMILES string of the molecule is CCCCN(c1cccc(-c2ccc(C(F)(F)F)cc2)c1)S(=O)C1C=C(C)C(O)=CCC1. The molecule has 0 bridgehead atoms. The van der Waals surface area contributed by atoms with Crippen molar-refractivity contribution in [1.82, 2.24) is 0 Å². The molecule has 1 aliphatic carbocycles. The summed E-state index contributed by atoms with van der Waals surface area (Å²) in [6.45, 7) is 4.47. The Kier molecular flexibility index (Phi) is 7.82. The van der Waals surface area contributed by atoms with Crippen LogP contribution < -0.4 is 4.31 Å². The van der Waals surface area contributed by atoms with Crippen molar-refractivity contribution >= 4 is 16.7 Å². The molecule has 32 heavy (non-hydrogen) atoms. The maximum atomic E-state index is 13.6. The molecule has 2 atom stereocenters. The lowest BCUT2D eigenvalue weighted by Gasteiger charge is -2.27. The number of halogens is 3. The second-order valence-corrected chi connectivity index (χ2v) is 9.51. The van der Waals surface area contributed by atoms with E-state index in [0.717, 1.165) is 41.8 Å². The summed E-state index contributed by atoms with van der Waals surface area (Å²) < 4.78 is 54.1. The minimum absolute atomic E-state index is 0.230. The van der Waals surface area contributed by atoms with Gasteiger partial charge in [0.15, 0.2) is 0 Å². The Balaban J connectivity index is 1.91. The maximum Gasteiger partial charge on any atom is 0.416 e. The lowest BCUT2D eigenvalue weighted by atomic mass is 10.0. The highest BCUT2D eigenvalue weighted by Crippen LogP contribution is 2.33. The van der Waals surface area contributed by atoms with E-state index < -0.39 is 22.7 Å². The van der Waals surface area contributed by atoms with Crippen molar-refractivity contribution in [3.8, 4) is 11.1 Å². The third-order valence-electron chi connectivity index (χ3n) is 5.50. The van der Waals surface area contributed by atoms with Gasteiger partial charge < -0.3 is 5.11 Å². The van der Waals surface area contributed by atoms with Gasteiger partial charge in [-0.1, -0.05) is 43.7 Å². The van der Waals surface area contributed by atoms with Crippen LogP contribution in [0.25, 0.3) is 11.1 Å². The molecule has 0 radical (unpaired) electrons. The second-order valence-electron chi connectivity index (χ2n) is 7.91. The molecule has 0 heterocycles. The van der Waals surface area contributed by atoms with E-state index in [4.69, 9.17) is 0 Å². The van der Waals surface area contributed by atoms with E-state index in [1.54, 1.807) is 6.08 Å². The van der Waals surface area contributed by atoms with E-state index in [1.165, 1.54) is 12.1 Å². The monoisotopic (exact) mass is 463 g/mol. The van der Waals surface area contributed by atoms with E-state index in [1.807, 2.05) is 41.6 Å². The van der Waals surface area contributed by atoms with Gasteiger partial charge in [-0.15, -0.1) is 0 Å². The maximum absolute atomic E-state index is 13.6. The van der Waals surface area contributed by atoms with E-state index in [-0.39, 0.29) is 11.0 Å². The van der Waals surface area contributed by atoms with Crippen molar-refractivity contribution in [3.05, 3.63) is 77.6 Å². The normalized spacial score (nSPS) is 17.8. The van der Waals surface area contributed by atoms with Crippen LogP contribution in [-0.4, -0.2) is 21.1 Å². The number of anilines is 1. The molecule has 2 aromatic rings. The van der Waals surface area contributed by atoms with Gasteiger partial charge in [0, 0.05) is 12.2 Å². The number of unbranched alkanes of at least 4 members (excludes halogenated alkanes) is 1. The van der Waals surface area contributed by atoms with Gasteiger partial charge in [-0.05, 0) is 73.2 Å². The molecule has 2 unspecified atom stereocenters. The number of aliphatic hydroxyl groups is 1. The summed E-state index contributed by atoms with van der Waals surface area (Å²) in [5, 5.41) is 9.76. The van der Waals surface area contributed by atoms with E-state index >= 15 is 0 Å². The fraction of sp³-hybridized carbons (Fsp3) is 0.360. The Morgan fingerprint density at radius 3 is 2.50 bits per heavy atom. The van der Waals surface area contributed by atoms with Gasteiger partial charge in [-0.2, -0.15) is 13.2 Å². The van der Waals surface area contributed by atoms with Crippen molar-refractivity contribution in [3.63, 3.8) is 0 Å². The summed E-state index contributed by atoms with van der Waals surface area (Å²) in [6, 6.07) is 12.5. The fourth-order valence-electron chi connectivity index (χ4n) is 3.63. The summed E-state index contributed by atoms with van der Waals surface area (Å²) >= 11 is 0. The second kappa shape index (κ2) is 10.4. The number of allylic oxidation sites excluding steroid dienone is 2. The predicted molar refractivity (Wildman–Crippen MR) is 125 cm³/mol. The Hall–Kier alpha value is -2.54. The molecule has 2 aromatic carbocycles. The fourth-order valence-corrected chi connectivity index (χ4v) is 5.25. The van der Waals surface area contributed by atoms with Crippen LogP contribution in [-0.2, 0) is 17.2 Å². The molecular formula is C25H28F3NO2S. The third kappa shape index (κ3) is 5.82. The smallest absolute Gasteiger partial charge is 0.416 e. The number of rotatable bonds is 7. The first-order valence-electron chi connectivity index (χ1n) is 10.7. The Morgan fingerprint density at radius 1 is 1.12 bits per heavy atom. The molecule has 0 saturated carbocycles. The van der Waals surface area contributed by atoms with E-state index in [0.29, 0.717) is 24.9 Å². The third-order valence-corrected chi connectivity index (χ3v) is 7.22. The van der Waals surface area contributed by atoms with Gasteiger partial charge in [-0.25, -0.2) is 4.21 Å². The molecule has 3 nitrogen and oxygen atoms in total. The summed E-state index contributed by atoms with van der Waals surface area (Å²) in [4.78, 5) is 0. The Morgan fingerprint density at radius 2 is 1.84 bits per heavy atom. The highest BCUT2D eigenvalue weighted by Gasteiger charge is 2.30. The van der Waals surface area contributed by atoms with Crippen LogP contribution in [0.4, 0.5) is 18.9 Å². The molecular weight excluding hydrogens is 435 g/mol. The zero-order chi connectivity index (χ0) is 23.3. The number of alkyl halides is 3. The molecule has 0 aromatic heterocycles. The zero-order valence-electron chi connectivity index (χ0n) is 18.2. The molecule has 0 amide bonds. The summed E-state index contributed by atoms with van der Waals surface area (Å²) in [6.07, 6.45) is 2.35. The first-order chi connectivity index (χ1) is 15.2. The van der Waals surface area contributed by atoms with Crippen LogP contribution >= 0.6 is 0 Å². The zero-order valence-corrected chi connectivity index (χ0v) is 19.0. The lowest BCUT2D eigenvalue weighted by molar-refractivity contribution is -0.137. The molecule has 1 N–H and O–H groups in total. The van der Waals surface area contributed by atoms with Crippen LogP contribution in [0.1, 0.15) is 45.1 Å². The van der Waals surface area contributed by atoms with E-state index in [2.05, 4.69) is 6.92 Å². The summed E-state index contributed by atoms with van der Waals surface area (Å²) in [7, 11) is -1.36. The standard InChI is InChI=1S/C25H28F3NO2S/c1-3-4-15-29(32(31)23-9-6-10-24(30)18(2)16-23)22-8-5-7-20(17-22)19-11-13-21(14-12-19)25(26,27)28/h5,7-8,10-14,16-17,23,30H,3-4,6,9,15H2,1-2H3. The summed E-state index contributed by atoms with van der Waals surface area (Å²) in [5.74, 6) is 0.230. The Labute approximate surface area is 189 Å². The number of benzene rings is 2.